The Kier molecular flexibility index (Phi) is 4.09. The van der Waals surface area contributed by atoms with Gasteiger partial charge in [-0.15, -0.1) is 0 Å². The normalized spacial score (nSPS) is 10.4. The number of non-ortho nitro benzene ring substituents is 1. The lowest BCUT2D eigenvalue weighted by atomic mass is 10.3. The van der Waals surface area contributed by atoms with Gasteiger partial charge in [-0.3, -0.25) is 14.8 Å². The van der Waals surface area contributed by atoms with Gasteiger partial charge in [-0.1, -0.05) is 0 Å². The molecule has 0 aliphatic rings. The zero-order valence-electron chi connectivity index (χ0n) is 10.4. The number of aryl methyl sites for hydroxylation is 1. The Labute approximate surface area is 109 Å². The lowest BCUT2D eigenvalue weighted by Gasteiger charge is -2.05. The van der Waals surface area contributed by atoms with E-state index >= 15 is 0 Å². The summed E-state index contributed by atoms with van der Waals surface area (Å²) in [5.74, 6) is 0.525. The van der Waals surface area contributed by atoms with E-state index in [0.29, 0.717) is 12.4 Å². The molecule has 100 valence electrons. The maximum atomic E-state index is 10.5. The van der Waals surface area contributed by atoms with E-state index in [9.17, 15) is 10.1 Å². The highest BCUT2D eigenvalue weighted by Crippen LogP contribution is 2.17. The third kappa shape index (κ3) is 3.78. The van der Waals surface area contributed by atoms with E-state index < -0.39 is 4.92 Å². The fourth-order valence-corrected chi connectivity index (χ4v) is 1.48. The highest BCUT2D eigenvalue weighted by molar-refractivity contribution is 5.35. The van der Waals surface area contributed by atoms with Crippen molar-refractivity contribution in [3.63, 3.8) is 0 Å². The summed E-state index contributed by atoms with van der Waals surface area (Å²) in [7, 11) is 1.83. The molecule has 0 saturated carbocycles. The third-order valence-corrected chi connectivity index (χ3v) is 2.38. The standard InChI is InChI=1S/C12H13N3O4/c1-14-7-10(6-13-14)8-18-9-19-12-4-2-11(3-5-12)15(16)17/h2-7H,8-9H2,1H3. The monoisotopic (exact) mass is 263 g/mol. The van der Waals surface area contributed by atoms with E-state index in [1.165, 1.54) is 24.3 Å². The van der Waals surface area contributed by atoms with Gasteiger partial charge in [0.15, 0.2) is 6.79 Å². The Bertz CT molecular complexity index is 550. The van der Waals surface area contributed by atoms with Crippen LogP contribution in [0, 0.1) is 10.1 Å². The van der Waals surface area contributed by atoms with Crippen LogP contribution in [0.25, 0.3) is 0 Å². The van der Waals surface area contributed by atoms with E-state index in [1.807, 2.05) is 13.2 Å². The first-order valence-electron chi connectivity index (χ1n) is 5.57. The number of rotatable bonds is 6. The third-order valence-electron chi connectivity index (χ3n) is 2.38. The average molecular weight is 263 g/mol. The number of ether oxygens (including phenoxy) is 2. The number of nitro groups is 1. The molecule has 0 unspecified atom stereocenters. The summed E-state index contributed by atoms with van der Waals surface area (Å²) in [6, 6.07) is 5.84. The number of nitrogens with zero attached hydrogens (tertiary/aromatic N) is 3. The Morgan fingerprint density at radius 3 is 2.68 bits per heavy atom. The van der Waals surface area contributed by atoms with Crippen LogP contribution >= 0.6 is 0 Å². The summed E-state index contributed by atoms with van der Waals surface area (Å²) in [4.78, 5) is 10.0. The molecule has 0 fully saturated rings. The molecule has 1 heterocycles. The highest BCUT2D eigenvalue weighted by atomic mass is 16.7. The molecule has 7 nitrogen and oxygen atoms in total. The molecule has 19 heavy (non-hydrogen) atoms. The molecule has 0 N–H and O–H groups in total. The molecule has 0 aliphatic heterocycles. The van der Waals surface area contributed by atoms with Gasteiger partial charge in [-0.2, -0.15) is 5.10 Å². The molecule has 0 bridgehead atoms. The van der Waals surface area contributed by atoms with Gasteiger partial charge in [0, 0.05) is 30.9 Å². The first-order valence-corrected chi connectivity index (χ1v) is 5.57. The van der Waals surface area contributed by atoms with Crippen LogP contribution in [0.2, 0.25) is 0 Å². The summed E-state index contributed by atoms with van der Waals surface area (Å²) in [5, 5.41) is 14.5. The molecule has 0 radical (unpaired) electrons. The summed E-state index contributed by atoms with van der Waals surface area (Å²) < 4.78 is 12.3. The number of hydrogen-bond donors (Lipinski definition) is 0. The summed E-state index contributed by atoms with van der Waals surface area (Å²) >= 11 is 0. The molecule has 0 amide bonds. The largest absolute Gasteiger partial charge is 0.468 e. The minimum Gasteiger partial charge on any atom is -0.468 e. The zero-order chi connectivity index (χ0) is 13.7. The number of hydrogen-bond acceptors (Lipinski definition) is 5. The SMILES string of the molecule is Cn1cc(COCOc2ccc([N+](=O)[O-])cc2)cn1. The molecular weight excluding hydrogens is 250 g/mol. The van der Waals surface area contributed by atoms with Crippen LogP contribution in [0.3, 0.4) is 0 Å². The molecular formula is C12H13N3O4. The van der Waals surface area contributed by atoms with Crippen molar-refractivity contribution in [1.82, 2.24) is 9.78 Å². The first-order chi connectivity index (χ1) is 9.15. The van der Waals surface area contributed by atoms with Gasteiger partial charge in [0.05, 0.1) is 17.7 Å². The second kappa shape index (κ2) is 5.96. The van der Waals surface area contributed by atoms with E-state index in [0.717, 1.165) is 5.56 Å². The molecule has 0 spiro atoms. The van der Waals surface area contributed by atoms with Crippen LogP contribution in [-0.4, -0.2) is 21.5 Å². The van der Waals surface area contributed by atoms with E-state index in [2.05, 4.69) is 5.10 Å². The number of benzene rings is 1. The maximum Gasteiger partial charge on any atom is 0.269 e. The molecule has 0 atom stereocenters. The Morgan fingerprint density at radius 1 is 1.37 bits per heavy atom. The van der Waals surface area contributed by atoms with Gasteiger partial charge in [0.2, 0.25) is 0 Å². The van der Waals surface area contributed by atoms with E-state index in [1.54, 1.807) is 10.9 Å². The fourth-order valence-electron chi connectivity index (χ4n) is 1.48. The van der Waals surface area contributed by atoms with Gasteiger partial charge >= 0.3 is 0 Å². The predicted octanol–water partition coefficient (Wildman–Crippen LogP) is 1.88. The van der Waals surface area contributed by atoms with Crippen LogP contribution < -0.4 is 4.74 Å². The number of aromatic nitrogens is 2. The zero-order valence-corrected chi connectivity index (χ0v) is 10.4. The Morgan fingerprint density at radius 2 is 2.11 bits per heavy atom. The van der Waals surface area contributed by atoms with Crippen molar-refractivity contribution in [3.8, 4) is 5.75 Å². The first kappa shape index (κ1) is 13.0. The van der Waals surface area contributed by atoms with E-state index in [-0.39, 0.29) is 12.5 Å². The lowest BCUT2D eigenvalue weighted by molar-refractivity contribution is -0.384. The van der Waals surface area contributed by atoms with E-state index in [4.69, 9.17) is 9.47 Å². The summed E-state index contributed by atoms with van der Waals surface area (Å²) in [5.41, 5.74) is 0.985. The van der Waals surface area contributed by atoms with Crippen molar-refractivity contribution in [1.29, 1.82) is 0 Å². The minimum absolute atomic E-state index is 0.0311. The second-order valence-corrected chi connectivity index (χ2v) is 3.88. The van der Waals surface area contributed by atoms with Crippen LogP contribution in [-0.2, 0) is 18.4 Å². The molecule has 1 aromatic carbocycles. The van der Waals surface area contributed by atoms with Crippen LogP contribution in [0.4, 0.5) is 5.69 Å². The maximum absolute atomic E-state index is 10.5. The van der Waals surface area contributed by atoms with Crippen LogP contribution in [0.5, 0.6) is 5.75 Å². The van der Waals surface area contributed by atoms with Crippen molar-refractivity contribution >= 4 is 5.69 Å². The smallest absolute Gasteiger partial charge is 0.269 e. The van der Waals surface area contributed by atoms with Crippen LogP contribution in [0.15, 0.2) is 36.7 Å². The minimum atomic E-state index is -0.456. The molecule has 2 aromatic rings. The number of nitro benzene ring substituents is 1. The molecule has 0 aliphatic carbocycles. The highest BCUT2D eigenvalue weighted by Gasteiger charge is 2.04. The molecule has 0 saturated heterocycles. The molecule has 2 rings (SSSR count). The van der Waals surface area contributed by atoms with Crippen molar-refractivity contribution in [2.24, 2.45) is 7.05 Å². The quantitative estimate of drug-likeness (QED) is 0.344. The summed E-state index contributed by atoms with van der Waals surface area (Å²) in [6.07, 6.45) is 3.57. The van der Waals surface area contributed by atoms with Crippen molar-refractivity contribution < 1.29 is 14.4 Å². The molecule has 1 aromatic heterocycles. The van der Waals surface area contributed by atoms with Crippen LogP contribution in [0.1, 0.15) is 5.56 Å². The van der Waals surface area contributed by atoms with Gasteiger partial charge < -0.3 is 9.47 Å². The second-order valence-electron chi connectivity index (χ2n) is 3.88. The Hall–Kier alpha value is -2.41. The summed E-state index contributed by atoms with van der Waals surface area (Å²) in [6.45, 7) is 0.480. The Balaban J connectivity index is 1.75. The van der Waals surface area contributed by atoms with Gasteiger partial charge in [0.25, 0.3) is 5.69 Å². The van der Waals surface area contributed by atoms with Gasteiger partial charge in [-0.05, 0) is 12.1 Å². The fraction of sp³-hybridized carbons (Fsp3) is 0.250. The average Bonchev–Trinajstić information content (AvgIpc) is 2.81. The molecule has 7 heteroatoms. The lowest BCUT2D eigenvalue weighted by Crippen LogP contribution is -2.02. The topological polar surface area (TPSA) is 79.4 Å². The predicted molar refractivity (Wildman–Crippen MR) is 66.6 cm³/mol. The van der Waals surface area contributed by atoms with Crippen molar-refractivity contribution in [2.45, 2.75) is 6.61 Å². The van der Waals surface area contributed by atoms with Gasteiger partial charge in [0.1, 0.15) is 5.75 Å². The van der Waals surface area contributed by atoms with Crippen molar-refractivity contribution in [3.05, 3.63) is 52.3 Å². The van der Waals surface area contributed by atoms with Gasteiger partial charge in [-0.25, -0.2) is 0 Å². The van der Waals surface area contributed by atoms with Crippen molar-refractivity contribution in [2.75, 3.05) is 6.79 Å².